The van der Waals surface area contributed by atoms with Crippen LogP contribution in [-0.4, -0.2) is 23.7 Å². The van der Waals surface area contributed by atoms with Crippen LogP contribution in [0.2, 0.25) is 0 Å². The smallest absolute Gasteiger partial charge is 0.310 e. The summed E-state index contributed by atoms with van der Waals surface area (Å²) in [6.07, 6.45) is 1.53. The van der Waals surface area contributed by atoms with Crippen molar-refractivity contribution in [3.8, 4) is 5.75 Å². The molecule has 1 amide bonds. The van der Waals surface area contributed by atoms with Crippen LogP contribution in [0.15, 0.2) is 53.6 Å². The standard InChI is InChI=1S/C16H15N3O4/c1-12-6-2-3-7-13(12)10-17-18-16(20)11-23-15-9-5-4-8-14(15)19(21)22/h2-10H,11H2,1H3,(H,18,20)/b17-10+. The topological polar surface area (TPSA) is 93.8 Å². The van der Waals surface area contributed by atoms with Crippen LogP contribution in [0.1, 0.15) is 11.1 Å². The lowest BCUT2D eigenvalue weighted by Gasteiger charge is -2.05. The SMILES string of the molecule is Cc1ccccc1/C=N/NC(=O)COc1ccccc1[N+](=O)[O-]. The van der Waals surface area contributed by atoms with Crippen molar-refractivity contribution in [3.63, 3.8) is 0 Å². The number of hydrogen-bond donors (Lipinski definition) is 1. The molecule has 0 saturated heterocycles. The first kappa shape index (κ1) is 16.2. The number of hydrogen-bond acceptors (Lipinski definition) is 5. The number of para-hydroxylation sites is 2. The number of aryl methyl sites for hydroxylation is 1. The summed E-state index contributed by atoms with van der Waals surface area (Å²) in [5.74, 6) is -0.469. The van der Waals surface area contributed by atoms with E-state index in [9.17, 15) is 14.9 Å². The van der Waals surface area contributed by atoms with Gasteiger partial charge in [-0.25, -0.2) is 5.43 Å². The van der Waals surface area contributed by atoms with Crippen molar-refractivity contribution in [2.24, 2.45) is 5.10 Å². The predicted molar refractivity (Wildman–Crippen MR) is 85.5 cm³/mol. The average molecular weight is 313 g/mol. The number of amides is 1. The highest BCUT2D eigenvalue weighted by molar-refractivity contribution is 5.84. The molecule has 2 aromatic carbocycles. The van der Waals surface area contributed by atoms with Gasteiger partial charge >= 0.3 is 5.69 Å². The summed E-state index contributed by atoms with van der Waals surface area (Å²) in [7, 11) is 0. The van der Waals surface area contributed by atoms with E-state index in [1.807, 2.05) is 31.2 Å². The second-order valence-electron chi connectivity index (χ2n) is 4.66. The van der Waals surface area contributed by atoms with E-state index in [-0.39, 0.29) is 18.0 Å². The highest BCUT2D eigenvalue weighted by Crippen LogP contribution is 2.25. The van der Waals surface area contributed by atoms with Gasteiger partial charge in [-0.2, -0.15) is 5.10 Å². The first-order valence-corrected chi connectivity index (χ1v) is 6.81. The van der Waals surface area contributed by atoms with E-state index in [2.05, 4.69) is 10.5 Å². The van der Waals surface area contributed by atoms with Crippen LogP contribution in [0.5, 0.6) is 5.75 Å². The first-order chi connectivity index (χ1) is 11.1. The molecule has 0 bridgehead atoms. The van der Waals surface area contributed by atoms with Crippen molar-refractivity contribution in [2.75, 3.05) is 6.61 Å². The molecule has 23 heavy (non-hydrogen) atoms. The van der Waals surface area contributed by atoms with Gasteiger partial charge in [-0.05, 0) is 24.1 Å². The van der Waals surface area contributed by atoms with Crippen molar-refractivity contribution in [1.82, 2.24) is 5.43 Å². The molecule has 0 spiro atoms. The summed E-state index contributed by atoms with van der Waals surface area (Å²) in [4.78, 5) is 21.9. The highest BCUT2D eigenvalue weighted by Gasteiger charge is 2.14. The Labute approximate surface area is 132 Å². The number of nitro groups is 1. The predicted octanol–water partition coefficient (Wildman–Crippen LogP) is 2.43. The summed E-state index contributed by atoms with van der Waals surface area (Å²) in [6.45, 7) is 1.57. The summed E-state index contributed by atoms with van der Waals surface area (Å²) in [5.41, 5.74) is 4.03. The van der Waals surface area contributed by atoms with Gasteiger partial charge in [-0.15, -0.1) is 0 Å². The van der Waals surface area contributed by atoms with E-state index >= 15 is 0 Å². The Morgan fingerprint density at radius 2 is 1.96 bits per heavy atom. The van der Waals surface area contributed by atoms with Crippen LogP contribution >= 0.6 is 0 Å². The normalized spacial score (nSPS) is 10.5. The zero-order valence-corrected chi connectivity index (χ0v) is 12.4. The number of nitro benzene ring substituents is 1. The van der Waals surface area contributed by atoms with Crippen LogP contribution in [0.4, 0.5) is 5.69 Å². The van der Waals surface area contributed by atoms with Crippen LogP contribution < -0.4 is 10.2 Å². The molecule has 0 aromatic heterocycles. The summed E-state index contributed by atoms with van der Waals surface area (Å²) < 4.78 is 5.16. The minimum Gasteiger partial charge on any atom is -0.477 e. The van der Waals surface area contributed by atoms with Gasteiger partial charge in [0.15, 0.2) is 12.4 Å². The number of nitrogens with zero attached hydrogens (tertiary/aromatic N) is 2. The molecule has 7 heteroatoms. The monoisotopic (exact) mass is 313 g/mol. The molecular formula is C16H15N3O4. The Kier molecular flexibility index (Phi) is 5.40. The van der Waals surface area contributed by atoms with Gasteiger partial charge in [-0.3, -0.25) is 14.9 Å². The van der Waals surface area contributed by atoms with E-state index < -0.39 is 10.8 Å². The molecule has 2 aromatic rings. The number of carbonyl (C=O) groups is 1. The summed E-state index contributed by atoms with van der Waals surface area (Å²) in [6, 6.07) is 13.4. The van der Waals surface area contributed by atoms with E-state index in [0.717, 1.165) is 11.1 Å². The van der Waals surface area contributed by atoms with E-state index in [1.54, 1.807) is 6.07 Å². The molecule has 0 atom stereocenters. The number of nitrogens with one attached hydrogen (secondary N) is 1. The molecule has 7 nitrogen and oxygen atoms in total. The Morgan fingerprint density at radius 1 is 1.26 bits per heavy atom. The average Bonchev–Trinajstić information content (AvgIpc) is 2.55. The van der Waals surface area contributed by atoms with Gasteiger partial charge in [0.2, 0.25) is 0 Å². The lowest BCUT2D eigenvalue weighted by atomic mass is 10.1. The molecule has 0 fully saturated rings. The molecule has 0 unspecified atom stereocenters. The number of hydrazone groups is 1. The van der Waals surface area contributed by atoms with Crippen molar-refractivity contribution < 1.29 is 14.5 Å². The zero-order valence-electron chi connectivity index (χ0n) is 12.4. The zero-order chi connectivity index (χ0) is 16.7. The van der Waals surface area contributed by atoms with Crippen molar-refractivity contribution in [3.05, 3.63) is 69.8 Å². The number of rotatable bonds is 6. The molecule has 0 aliphatic carbocycles. The third kappa shape index (κ3) is 4.63. The maximum Gasteiger partial charge on any atom is 0.310 e. The largest absolute Gasteiger partial charge is 0.477 e. The number of ether oxygens (including phenoxy) is 1. The number of benzene rings is 2. The minimum atomic E-state index is -0.566. The molecule has 0 aliphatic rings. The lowest BCUT2D eigenvalue weighted by Crippen LogP contribution is -2.24. The van der Waals surface area contributed by atoms with E-state index in [4.69, 9.17) is 4.74 Å². The van der Waals surface area contributed by atoms with Gasteiger partial charge in [0.05, 0.1) is 11.1 Å². The third-order valence-electron chi connectivity index (χ3n) is 3.00. The van der Waals surface area contributed by atoms with Gasteiger partial charge in [-0.1, -0.05) is 36.4 Å². The Hall–Kier alpha value is -3.22. The maximum absolute atomic E-state index is 11.7. The number of carbonyl (C=O) groups excluding carboxylic acids is 1. The van der Waals surface area contributed by atoms with Crippen molar-refractivity contribution >= 4 is 17.8 Å². The summed E-state index contributed by atoms with van der Waals surface area (Å²) >= 11 is 0. The molecule has 0 heterocycles. The Morgan fingerprint density at radius 3 is 2.70 bits per heavy atom. The van der Waals surface area contributed by atoms with Crippen LogP contribution in [0, 0.1) is 17.0 Å². The fourth-order valence-electron chi connectivity index (χ4n) is 1.81. The third-order valence-corrected chi connectivity index (χ3v) is 3.00. The van der Waals surface area contributed by atoms with Gasteiger partial charge < -0.3 is 4.74 Å². The van der Waals surface area contributed by atoms with Gasteiger partial charge in [0, 0.05) is 6.07 Å². The van der Waals surface area contributed by atoms with E-state index in [1.165, 1.54) is 24.4 Å². The van der Waals surface area contributed by atoms with Gasteiger partial charge in [0.1, 0.15) is 0 Å². The second kappa shape index (κ2) is 7.69. The molecular weight excluding hydrogens is 298 g/mol. The van der Waals surface area contributed by atoms with Crippen LogP contribution in [0.3, 0.4) is 0 Å². The van der Waals surface area contributed by atoms with Crippen LogP contribution in [-0.2, 0) is 4.79 Å². The highest BCUT2D eigenvalue weighted by atomic mass is 16.6. The molecule has 1 N–H and O–H groups in total. The second-order valence-corrected chi connectivity index (χ2v) is 4.66. The van der Waals surface area contributed by atoms with Crippen molar-refractivity contribution in [2.45, 2.75) is 6.92 Å². The maximum atomic E-state index is 11.7. The fourth-order valence-corrected chi connectivity index (χ4v) is 1.81. The quantitative estimate of drug-likeness (QED) is 0.503. The fraction of sp³-hybridized carbons (Fsp3) is 0.125. The molecule has 2 rings (SSSR count). The first-order valence-electron chi connectivity index (χ1n) is 6.81. The molecule has 0 saturated carbocycles. The molecule has 0 radical (unpaired) electrons. The lowest BCUT2D eigenvalue weighted by molar-refractivity contribution is -0.385. The van der Waals surface area contributed by atoms with Crippen molar-refractivity contribution in [1.29, 1.82) is 0 Å². The molecule has 118 valence electrons. The Bertz CT molecular complexity index is 744. The van der Waals surface area contributed by atoms with E-state index in [0.29, 0.717) is 0 Å². The Balaban J connectivity index is 1.89. The van der Waals surface area contributed by atoms with Crippen LogP contribution in [0.25, 0.3) is 0 Å². The van der Waals surface area contributed by atoms with Gasteiger partial charge in [0.25, 0.3) is 5.91 Å². The summed E-state index contributed by atoms with van der Waals surface area (Å²) in [5, 5.41) is 14.7. The minimum absolute atomic E-state index is 0.0375. The molecule has 0 aliphatic heterocycles.